The van der Waals surface area contributed by atoms with Crippen LogP contribution >= 0.6 is 11.3 Å². The number of hydrogen-bond acceptors (Lipinski definition) is 6. The average molecular weight is 422 g/mol. The van der Waals surface area contributed by atoms with Gasteiger partial charge in [-0.3, -0.25) is 4.79 Å². The molecule has 0 atom stereocenters. The summed E-state index contributed by atoms with van der Waals surface area (Å²) in [4.78, 5) is 22.4. The Morgan fingerprint density at radius 3 is 2.47 bits per heavy atom. The molecule has 0 unspecified atom stereocenters. The molecule has 0 saturated heterocycles. The minimum atomic E-state index is -0.121. The standard InChI is InChI=1S/C23H23N3O3S/c1-13-5-7-15(8-6-13)20-14(2)30-23-21(20)22(27)25-19(26-23)12-24-16-9-10-17(28-3)18(11-16)29-4/h5-11,24H,12H2,1-4H3,(H,25,26,27). The summed E-state index contributed by atoms with van der Waals surface area (Å²) in [5.41, 5.74) is 3.91. The van der Waals surface area contributed by atoms with Crippen molar-refractivity contribution < 1.29 is 9.47 Å². The van der Waals surface area contributed by atoms with Crippen LogP contribution in [-0.2, 0) is 6.54 Å². The number of rotatable bonds is 6. The SMILES string of the molecule is COc1ccc(NCc2nc3sc(C)c(-c4ccc(C)cc4)c3c(=O)[nH]2)cc1OC. The number of aromatic nitrogens is 2. The van der Waals surface area contributed by atoms with Crippen LogP contribution in [0.15, 0.2) is 47.3 Å². The van der Waals surface area contributed by atoms with E-state index in [4.69, 9.17) is 14.5 Å². The third-order valence-corrected chi connectivity index (χ3v) is 5.97. The number of anilines is 1. The Kier molecular flexibility index (Phi) is 5.46. The molecule has 6 nitrogen and oxygen atoms in total. The van der Waals surface area contributed by atoms with Crippen molar-refractivity contribution in [2.45, 2.75) is 20.4 Å². The first-order valence-electron chi connectivity index (χ1n) is 9.55. The van der Waals surface area contributed by atoms with Crippen LogP contribution in [0.25, 0.3) is 21.3 Å². The van der Waals surface area contributed by atoms with Gasteiger partial charge in [0, 0.05) is 22.2 Å². The first-order chi connectivity index (χ1) is 14.5. The molecule has 0 radical (unpaired) electrons. The van der Waals surface area contributed by atoms with Crippen molar-refractivity contribution in [2.75, 3.05) is 19.5 Å². The molecule has 0 fully saturated rings. The molecule has 0 saturated carbocycles. The van der Waals surface area contributed by atoms with Crippen molar-refractivity contribution in [3.05, 3.63) is 69.1 Å². The maximum Gasteiger partial charge on any atom is 0.260 e. The zero-order valence-electron chi connectivity index (χ0n) is 17.3. The van der Waals surface area contributed by atoms with Crippen molar-refractivity contribution in [3.63, 3.8) is 0 Å². The first kappa shape index (κ1) is 20.0. The highest BCUT2D eigenvalue weighted by molar-refractivity contribution is 7.19. The molecule has 0 aliphatic rings. The minimum Gasteiger partial charge on any atom is -0.493 e. The zero-order valence-corrected chi connectivity index (χ0v) is 18.1. The van der Waals surface area contributed by atoms with Gasteiger partial charge in [0.1, 0.15) is 10.7 Å². The van der Waals surface area contributed by atoms with Crippen molar-refractivity contribution in [1.29, 1.82) is 0 Å². The molecule has 0 aliphatic carbocycles. The monoisotopic (exact) mass is 421 g/mol. The van der Waals surface area contributed by atoms with Crippen LogP contribution in [0.5, 0.6) is 11.5 Å². The van der Waals surface area contributed by atoms with Crippen molar-refractivity contribution >= 4 is 27.2 Å². The Bertz CT molecular complexity index is 1260. The minimum absolute atomic E-state index is 0.121. The molecule has 154 valence electrons. The summed E-state index contributed by atoms with van der Waals surface area (Å²) in [5.74, 6) is 1.88. The van der Waals surface area contributed by atoms with Gasteiger partial charge in [0.25, 0.3) is 5.56 Å². The fraction of sp³-hybridized carbons (Fsp3) is 0.217. The van der Waals surface area contributed by atoms with Gasteiger partial charge in [-0.25, -0.2) is 4.98 Å². The van der Waals surface area contributed by atoms with E-state index in [0.717, 1.165) is 26.5 Å². The molecule has 2 N–H and O–H groups in total. The van der Waals surface area contributed by atoms with E-state index in [1.807, 2.05) is 25.1 Å². The molecule has 2 heterocycles. The lowest BCUT2D eigenvalue weighted by atomic mass is 10.0. The molecule has 0 spiro atoms. The largest absolute Gasteiger partial charge is 0.493 e. The highest BCUT2D eigenvalue weighted by Crippen LogP contribution is 2.35. The van der Waals surface area contributed by atoms with E-state index in [1.54, 1.807) is 25.6 Å². The first-order valence-corrected chi connectivity index (χ1v) is 10.4. The van der Waals surface area contributed by atoms with Crippen LogP contribution in [0, 0.1) is 13.8 Å². The van der Waals surface area contributed by atoms with Crippen LogP contribution < -0.4 is 20.3 Å². The maximum atomic E-state index is 12.9. The smallest absolute Gasteiger partial charge is 0.260 e. The summed E-state index contributed by atoms with van der Waals surface area (Å²) >= 11 is 1.54. The Hall–Kier alpha value is -3.32. The summed E-state index contributed by atoms with van der Waals surface area (Å²) in [6.07, 6.45) is 0. The van der Waals surface area contributed by atoms with Crippen molar-refractivity contribution in [3.8, 4) is 22.6 Å². The zero-order chi connectivity index (χ0) is 21.3. The van der Waals surface area contributed by atoms with Crippen LogP contribution in [0.1, 0.15) is 16.3 Å². The van der Waals surface area contributed by atoms with Gasteiger partial charge in [-0.1, -0.05) is 29.8 Å². The fourth-order valence-corrected chi connectivity index (χ4v) is 4.51. The summed E-state index contributed by atoms with van der Waals surface area (Å²) in [7, 11) is 3.20. The van der Waals surface area contributed by atoms with Gasteiger partial charge in [0.05, 0.1) is 26.2 Å². The van der Waals surface area contributed by atoms with Crippen LogP contribution in [0.2, 0.25) is 0 Å². The van der Waals surface area contributed by atoms with Gasteiger partial charge >= 0.3 is 0 Å². The Labute approximate surface area is 178 Å². The van der Waals surface area contributed by atoms with Gasteiger partial charge < -0.3 is 19.8 Å². The lowest BCUT2D eigenvalue weighted by Crippen LogP contribution is -2.14. The number of aromatic amines is 1. The molecular formula is C23H23N3O3S. The molecule has 0 bridgehead atoms. The van der Waals surface area contributed by atoms with E-state index in [1.165, 1.54) is 5.56 Å². The number of ether oxygens (including phenoxy) is 2. The third-order valence-electron chi connectivity index (χ3n) is 4.97. The predicted octanol–water partition coefficient (Wildman–Crippen LogP) is 4.90. The molecule has 7 heteroatoms. The molecule has 4 aromatic rings. The molecule has 2 aromatic heterocycles. The average Bonchev–Trinajstić information content (AvgIpc) is 3.09. The summed E-state index contributed by atoms with van der Waals surface area (Å²) < 4.78 is 10.6. The molecular weight excluding hydrogens is 398 g/mol. The quantitative estimate of drug-likeness (QED) is 0.463. The molecule has 30 heavy (non-hydrogen) atoms. The predicted molar refractivity (Wildman–Crippen MR) is 122 cm³/mol. The van der Waals surface area contributed by atoms with Gasteiger partial charge in [-0.2, -0.15) is 0 Å². The summed E-state index contributed by atoms with van der Waals surface area (Å²) in [6, 6.07) is 13.8. The number of methoxy groups -OCH3 is 2. The van der Waals surface area contributed by atoms with E-state index in [0.29, 0.717) is 29.3 Å². The van der Waals surface area contributed by atoms with Gasteiger partial charge in [-0.15, -0.1) is 11.3 Å². The highest BCUT2D eigenvalue weighted by Gasteiger charge is 2.16. The Morgan fingerprint density at radius 1 is 1.03 bits per heavy atom. The van der Waals surface area contributed by atoms with Crippen LogP contribution in [0.4, 0.5) is 5.69 Å². The number of hydrogen-bond donors (Lipinski definition) is 2. The summed E-state index contributed by atoms with van der Waals surface area (Å²) in [5, 5.41) is 3.92. The maximum absolute atomic E-state index is 12.9. The van der Waals surface area contributed by atoms with Crippen molar-refractivity contribution in [1.82, 2.24) is 9.97 Å². The highest BCUT2D eigenvalue weighted by atomic mass is 32.1. The second kappa shape index (κ2) is 8.20. The number of benzene rings is 2. The Morgan fingerprint density at radius 2 is 1.77 bits per heavy atom. The number of thiophene rings is 1. The molecule has 4 rings (SSSR count). The lowest BCUT2D eigenvalue weighted by molar-refractivity contribution is 0.355. The van der Waals surface area contributed by atoms with E-state index in [2.05, 4.69) is 41.5 Å². The van der Waals surface area contributed by atoms with Crippen molar-refractivity contribution in [2.24, 2.45) is 0 Å². The third kappa shape index (κ3) is 3.76. The number of nitrogens with one attached hydrogen (secondary N) is 2. The number of fused-ring (bicyclic) bond motifs is 1. The second-order valence-electron chi connectivity index (χ2n) is 7.02. The van der Waals surface area contributed by atoms with Gasteiger partial charge in [0.2, 0.25) is 0 Å². The molecule has 2 aromatic carbocycles. The fourth-order valence-electron chi connectivity index (χ4n) is 3.45. The normalized spacial score (nSPS) is 10.9. The number of aryl methyl sites for hydroxylation is 2. The van der Waals surface area contributed by atoms with E-state index in [9.17, 15) is 4.79 Å². The lowest BCUT2D eigenvalue weighted by Gasteiger charge is -2.11. The molecule has 0 amide bonds. The van der Waals surface area contributed by atoms with E-state index < -0.39 is 0 Å². The number of H-pyrrole nitrogens is 1. The topological polar surface area (TPSA) is 76.2 Å². The molecule has 0 aliphatic heterocycles. The van der Waals surface area contributed by atoms with Gasteiger partial charge in [-0.05, 0) is 31.5 Å². The van der Waals surface area contributed by atoms with Crippen LogP contribution in [0.3, 0.4) is 0 Å². The second-order valence-corrected chi connectivity index (χ2v) is 8.22. The summed E-state index contributed by atoms with van der Waals surface area (Å²) in [6.45, 7) is 4.47. The van der Waals surface area contributed by atoms with Crippen LogP contribution in [-0.4, -0.2) is 24.2 Å². The number of nitrogens with zero attached hydrogens (tertiary/aromatic N) is 1. The van der Waals surface area contributed by atoms with E-state index in [-0.39, 0.29) is 5.56 Å². The van der Waals surface area contributed by atoms with E-state index >= 15 is 0 Å². The van der Waals surface area contributed by atoms with Gasteiger partial charge in [0.15, 0.2) is 11.5 Å². The Balaban J connectivity index is 1.64.